The molecule has 40 heavy (non-hydrogen) atoms. The van der Waals surface area contributed by atoms with E-state index in [9.17, 15) is 14.4 Å². The fourth-order valence-electron chi connectivity index (χ4n) is 5.94. The summed E-state index contributed by atoms with van der Waals surface area (Å²) in [5.74, 6) is 0.809. The second kappa shape index (κ2) is 13.1. The first-order valence-corrected chi connectivity index (χ1v) is 14.9. The Hall–Kier alpha value is -2.97. The van der Waals surface area contributed by atoms with E-state index in [0.29, 0.717) is 33.7 Å². The van der Waals surface area contributed by atoms with Crippen LogP contribution in [0.2, 0.25) is 5.02 Å². The van der Waals surface area contributed by atoms with Gasteiger partial charge in [0.15, 0.2) is 5.82 Å². The van der Waals surface area contributed by atoms with Crippen LogP contribution < -0.4 is 10.2 Å². The second-order valence-electron chi connectivity index (χ2n) is 11.6. The molecule has 2 aliphatic heterocycles. The molecule has 2 aliphatic rings. The predicted octanol–water partition coefficient (Wildman–Crippen LogP) is 6.13. The molecule has 0 radical (unpaired) electrons. The summed E-state index contributed by atoms with van der Waals surface area (Å²) >= 11 is 6.19. The van der Waals surface area contributed by atoms with Gasteiger partial charge in [0.1, 0.15) is 0 Å². The Balaban J connectivity index is 1.34. The monoisotopic (exact) mass is 567 g/mol. The van der Waals surface area contributed by atoms with E-state index < -0.39 is 0 Å². The molecule has 0 bridgehead atoms. The van der Waals surface area contributed by atoms with E-state index >= 15 is 0 Å². The van der Waals surface area contributed by atoms with Crippen molar-refractivity contribution in [2.45, 2.75) is 66.2 Å². The molecule has 1 aromatic carbocycles. The van der Waals surface area contributed by atoms with Crippen molar-refractivity contribution in [3.8, 4) is 0 Å². The molecular formula is C31H42ClN5O3. The van der Waals surface area contributed by atoms with E-state index in [1.165, 1.54) is 0 Å². The van der Waals surface area contributed by atoms with E-state index in [2.05, 4.69) is 42.9 Å². The van der Waals surface area contributed by atoms with E-state index in [0.717, 1.165) is 64.7 Å². The number of nitrogens with zero attached hydrogens (tertiary/aromatic N) is 4. The van der Waals surface area contributed by atoms with Crippen molar-refractivity contribution in [1.29, 1.82) is 0 Å². The third-order valence-electron chi connectivity index (χ3n) is 8.17. The Bertz CT molecular complexity index is 1230. The number of carbonyl (C=O) groups is 3. The van der Waals surface area contributed by atoms with Gasteiger partial charge < -0.3 is 10.2 Å². The second-order valence-corrected chi connectivity index (χ2v) is 12.0. The molecule has 8 nitrogen and oxygen atoms in total. The minimum atomic E-state index is -0.319. The summed E-state index contributed by atoms with van der Waals surface area (Å²) in [5.41, 5.74) is 1.01. The van der Waals surface area contributed by atoms with Crippen LogP contribution in [0.15, 0.2) is 36.5 Å². The molecule has 4 rings (SSSR count). The highest BCUT2D eigenvalue weighted by Gasteiger charge is 2.33. The maximum absolute atomic E-state index is 13.7. The van der Waals surface area contributed by atoms with Crippen LogP contribution in [0, 0.1) is 11.3 Å². The van der Waals surface area contributed by atoms with Gasteiger partial charge in [-0.1, -0.05) is 38.8 Å². The Morgan fingerprint density at radius 3 is 2.62 bits per heavy atom. The van der Waals surface area contributed by atoms with Gasteiger partial charge in [-0.05, 0) is 88.4 Å². The van der Waals surface area contributed by atoms with Gasteiger partial charge in [-0.15, -0.1) is 0 Å². The number of aromatic nitrogens is 1. The average Bonchev–Trinajstić information content (AvgIpc) is 3.05. The van der Waals surface area contributed by atoms with Crippen molar-refractivity contribution in [2.24, 2.45) is 11.3 Å². The van der Waals surface area contributed by atoms with Gasteiger partial charge in [0, 0.05) is 29.7 Å². The maximum Gasteiger partial charge on any atom is 0.257 e. The van der Waals surface area contributed by atoms with Crippen molar-refractivity contribution < 1.29 is 14.4 Å². The number of rotatable bonds is 10. The van der Waals surface area contributed by atoms with Gasteiger partial charge in [0.05, 0.1) is 23.5 Å². The zero-order valence-corrected chi connectivity index (χ0v) is 25.0. The number of nitrogens with one attached hydrogen (secondary N) is 1. The Morgan fingerprint density at radius 1 is 1.18 bits per heavy atom. The highest BCUT2D eigenvalue weighted by Crippen LogP contribution is 2.37. The average molecular weight is 568 g/mol. The number of halogens is 1. The summed E-state index contributed by atoms with van der Waals surface area (Å²) in [5, 5.41) is 3.29. The van der Waals surface area contributed by atoms with E-state index in [4.69, 9.17) is 11.6 Å². The van der Waals surface area contributed by atoms with E-state index in [1.807, 2.05) is 4.90 Å². The Labute approximate surface area is 243 Å². The molecule has 3 amide bonds. The number of hydrogen-bond acceptors (Lipinski definition) is 5. The maximum atomic E-state index is 13.7. The number of amides is 3. The van der Waals surface area contributed by atoms with Crippen LogP contribution in [0.1, 0.15) is 76.6 Å². The van der Waals surface area contributed by atoms with Crippen LogP contribution >= 0.6 is 11.6 Å². The first-order chi connectivity index (χ1) is 19.1. The van der Waals surface area contributed by atoms with Gasteiger partial charge in [-0.25, -0.2) is 4.98 Å². The lowest BCUT2D eigenvalue weighted by molar-refractivity contribution is -0.140. The first kappa shape index (κ1) is 30.0. The van der Waals surface area contributed by atoms with Crippen LogP contribution in [-0.2, 0) is 9.59 Å². The molecular weight excluding hydrogens is 526 g/mol. The molecule has 216 valence electrons. The zero-order valence-electron chi connectivity index (χ0n) is 24.2. The number of carbonyl (C=O) groups excluding carboxylic acids is 3. The van der Waals surface area contributed by atoms with Gasteiger partial charge >= 0.3 is 0 Å². The number of fused-ring (bicyclic) bond motifs is 2. The predicted molar refractivity (Wildman–Crippen MR) is 160 cm³/mol. The zero-order chi connectivity index (χ0) is 28.9. The summed E-state index contributed by atoms with van der Waals surface area (Å²) < 4.78 is 0. The lowest BCUT2D eigenvalue weighted by Crippen LogP contribution is -2.43. The van der Waals surface area contributed by atoms with Crippen molar-refractivity contribution in [1.82, 2.24) is 14.8 Å². The SMILES string of the molecule is CCCC(C)(C)C(=O)N(CC)CCCC1CCN(CC(=O)N2c3ccc(Cl)cc3C(=O)Nc3cccnc32)CC1. The molecule has 0 saturated carbocycles. The molecule has 1 fully saturated rings. The number of piperidine rings is 1. The normalized spacial score (nSPS) is 16.1. The fraction of sp³-hybridized carbons (Fsp3) is 0.548. The summed E-state index contributed by atoms with van der Waals surface area (Å²) in [6.07, 6.45) is 7.67. The first-order valence-electron chi connectivity index (χ1n) is 14.5. The van der Waals surface area contributed by atoms with Crippen LogP contribution in [-0.4, -0.2) is 65.2 Å². The minimum absolute atomic E-state index is 0.134. The highest BCUT2D eigenvalue weighted by molar-refractivity contribution is 6.31. The van der Waals surface area contributed by atoms with Crippen LogP contribution in [0.25, 0.3) is 0 Å². The van der Waals surface area contributed by atoms with Gasteiger partial charge in [-0.2, -0.15) is 0 Å². The van der Waals surface area contributed by atoms with Gasteiger partial charge in [0.25, 0.3) is 5.91 Å². The van der Waals surface area contributed by atoms with Gasteiger partial charge in [-0.3, -0.25) is 24.2 Å². The third-order valence-corrected chi connectivity index (χ3v) is 8.40. The molecule has 1 aromatic heterocycles. The lowest BCUT2D eigenvalue weighted by atomic mass is 9.86. The summed E-state index contributed by atoms with van der Waals surface area (Å²) in [4.78, 5) is 49.8. The molecule has 9 heteroatoms. The molecule has 1 saturated heterocycles. The van der Waals surface area contributed by atoms with Crippen LogP contribution in [0.5, 0.6) is 0 Å². The molecule has 0 spiro atoms. The van der Waals surface area contributed by atoms with Crippen molar-refractivity contribution in [3.63, 3.8) is 0 Å². The minimum Gasteiger partial charge on any atom is -0.343 e. The standard InChI is InChI=1S/C31H42ClN5O3/c1-5-15-31(3,4)30(40)36(6-2)17-8-9-22-13-18-35(19-14-22)21-27(38)37-26-12-11-23(32)20-24(26)29(39)34-25-10-7-16-33-28(25)37/h7,10-12,16,20,22H,5-6,8-9,13-15,17-19,21H2,1-4H3,(H,34,39). The van der Waals surface area contributed by atoms with Gasteiger partial charge in [0.2, 0.25) is 11.8 Å². The van der Waals surface area contributed by atoms with Crippen molar-refractivity contribution in [2.75, 3.05) is 42.9 Å². The Morgan fingerprint density at radius 2 is 1.93 bits per heavy atom. The Kier molecular flexibility index (Phi) is 9.85. The van der Waals surface area contributed by atoms with E-state index in [-0.39, 0.29) is 29.7 Å². The number of benzene rings is 1. The molecule has 1 N–H and O–H groups in total. The summed E-state index contributed by atoms with van der Waals surface area (Å²) in [6, 6.07) is 8.46. The molecule has 0 atom stereocenters. The number of pyridine rings is 1. The number of anilines is 3. The van der Waals surface area contributed by atoms with Crippen molar-refractivity contribution >= 4 is 46.5 Å². The smallest absolute Gasteiger partial charge is 0.257 e. The molecule has 0 aliphatic carbocycles. The molecule has 0 unspecified atom stereocenters. The molecule has 3 heterocycles. The summed E-state index contributed by atoms with van der Waals surface area (Å²) in [7, 11) is 0. The van der Waals surface area contributed by atoms with Crippen molar-refractivity contribution in [3.05, 3.63) is 47.1 Å². The van der Waals surface area contributed by atoms with Crippen LogP contribution in [0.3, 0.4) is 0 Å². The lowest BCUT2D eigenvalue weighted by Gasteiger charge is -2.34. The number of likely N-dealkylation sites (tertiary alicyclic amines) is 1. The topological polar surface area (TPSA) is 85.9 Å². The van der Waals surface area contributed by atoms with E-state index in [1.54, 1.807) is 41.4 Å². The highest BCUT2D eigenvalue weighted by atomic mass is 35.5. The van der Waals surface area contributed by atoms with Crippen LogP contribution in [0.4, 0.5) is 17.2 Å². The number of hydrogen-bond donors (Lipinski definition) is 1. The largest absolute Gasteiger partial charge is 0.343 e. The summed E-state index contributed by atoms with van der Waals surface area (Å²) in [6.45, 7) is 11.8. The fourth-order valence-corrected chi connectivity index (χ4v) is 6.12. The third kappa shape index (κ3) is 6.84. The molecule has 2 aromatic rings. The quantitative estimate of drug-likeness (QED) is 0.373.